The van der Waals surface area contributed by atoms with Crippen LogP contribution in [0.2, 0.25) is 0 Å². The minimum atomic E-state index is -0.701. The van der Waals surface area contributed by atoms with Crippen LogP contribution in [0.5, 0.6) is 0 Å². The van der Waals surface area contributed by atoms with Crippen LogP contribution in [0.15, 0.2) is 71.2 Å². The normalized spacial score (nSPS) is 18.2. The van der Waals surface area contributed by atoms with Gasteiger partial charge in [0.1, 0.15) is 12.1 Å². The van der Waals surface area contributed by atoms with Gasteiger partial charge < -0.3 is 20.1 Å². The van der Waals surface area contributed by atoms with E-state index in [1.807, 2.05) is 58.9 Å². The van der Waals surface area contributed by atoms with E-state index in [1.165, 1.54) is 13.2 Å². The third kappa shape index (κ3) is 13.7. The molecule has 0 aromatic carbocycles. The summed E-state index contributed by atoms with van der Waals surface area (Å²) in [5.41, 5.74) is 0.497. The number of halogens is 1. The van der Waals surface area contributed by atoms with E-state index < -0.39 is 17.4 Å². The van der Waals surface area contributed by atoms with Gasteiger partial charge in [-0.25, -0.2) is 4.79 Å². The molecule has 2 atom stereocenters. The highest BCUT2D eigenvalue weighted by Gasteiger charge is 2.31. The number of methoxy groups -OCH3 is 1. The molecule has 0 saturated carbocycles. The van der Waals surface area contributed by atoms with Crippen molar-refractivity contribution in [1.82, 2.24) is 10.6 Å². The Labute approximate surface area is 226 Å². The topological polar surface area (TPSA) is 93.7 Å². The first-order chi connectivity index (χ1) is 17.4. The zero-order valence-electron chi connectivity index (χ0n) is 22.8. The van der Waals surface area contributed by atoms with Crippen molar-refractivity contribution < 1.29 is 23.9 Å². The average molecular weight is 533 g/mol. The van der Waals surface area contributed by atoms with Gasteiger partial charge in [-0.1, -0.05) is 74.4 Å². The highest BCUT2D eigenvalue weighted by Crippen LogP contribution is 2.20. The molecule has 0 aliphatic carbocycles. The Hall–Kier alpha value is -3.06. The summed E-state index contributed by atoms with van der Waals surface area (Å²) in [5, 5.41) is 6.33. The van der Waals surface area contributed by atoms with Crippen LogP contribution in [0.1, 0.15) is 66.7 Å². The van der Waals surface area contributed by atoms with E-state index in [9.17, 15) is 14.4 Å². The maximum Gasteiger partial charge on any atom is 0.373 e. The summed E-state index contributed by atoms with van der Waals surface area (Å²) in [4.78, 5) is 36.9. The zero-order chi connectivity index (χ0) is 27.8. The molecule has 0 bridgehead atoms. The van der Waals surface area contributed by atoms with E-state index >= 15 is 0 Å². The first-order valence-corrected chi connectivity index (χ1v) is 12.9. The molecule has 7 nitrogen and oxygen atoms in total. The van der Waals surface area contributed by atoms with E-state index in [-0.39, 0.29) is 23.7 Å². The number of allylic oxidation sites excluding steroid dienone is 7. The van der Waals surface area contributed by atoms with Crippen LogP contribution in [-0.4, -0.2) is 37.0 Å². The van der Waals surface area contributed by atoms with Crippen LogP contribution >= 0.6 is 11.6 Å². The highest BCUT2D eigenvalue weighted by molar-refractivity contribution is 6.29. The minimum absolute atomic E-state index is 0.219. The zero-order valence-corrected chi connectivity index (χ0v) is 23.6. The third-order valence-electron chi connectivity index (χ3n) is 5.44. The van der Waals surface area contributed by atoms with Crippen molar-refractivity contribution in [2.24, 2.45) is 5.41 Å². The maximum absolute atomic E-state index is 12.7. The first kappa shape index (κ1) is 32.0. The number of cyclic esters (lactones) is 1. The van der Waals surface area contributed by atoms with Crippen LogP contribution in [0.4, 0.5) is 0 Å². The Morgan fingerprint density at radius 2 is 1.89 bits per heavy atom. The van der Waals surface area contributed by atoms with Crippen LogP contribution in [-0.2, 0) is 23.9 Å². The molecular formula is C29H41ClN2O5. The molecule has 0 aromatic heterocycles. The Morgan fingerprint density at radius 3 is 2.51 bits per heavy atom. The molecule has 37 heavy (non-hydrogen) atoms. The number of esters is 1. The van der Waals surface area contributed by atoms with Crippen LogP contribution in [0, 0.1) is 5.41 Å². The molecule has 0 spiro atoms. The fourth-order valence-electron chi connectivity index (χ4n) is 3.34. The second-order valence-corrected chi connectivity index (χ2v) is 10.5. The number of ether oxygens (including phenoxy) is 2. The molecule has 0 aromatic rings. The van der Waals surface area contributed by atoms with Gasteiger partial charge in [0.05, 0.1) is 7.11 Å². The van der Waals surface area contributed by atoms with E-state index in [0.717, 1.165) is 29.9 Å². The molecule has 8 heteroatoms. The molecule has 0 radical (unpaired) electrons. The van der Waals surface area contributed by atoms with Crippen molar-refractivity contribution >= 4 is 29.4 Å². The Kier molecular flexibility index (Phi) is 14.4. The number of amides is 2. The van der Waals surface area contributed by atoms with Gasteiger partial charge >= 0.3 is 5.97 Å². The first-order valence-electron chi connectivity index (χ1n) is 12.5. The van der Waals surface area contributed by atoms with Gasteiger partial charge in [-0.3, -0.25) is 9.59 Å². The third-order valence-corrected chi connectivity index (χ3v) is 5.59. The summed E-state index contributed by atoms with van der Waals surface area (Å²) in [6, 6.07) is -0.701. The molecular weight excluding hydrogens is 492 g/mol. The summed E-state index contributed by atoms with van der Waals surface area (Å²) < 4.78 is 10.3. The number of unbranched alkanes of at least 4 members (excludes halogenated alkanes) is 2. The Morgan fingerprint density at radius 1 is 1.19 bits per heavy atom. The molecule has 1 aliphatic rings. The number of carbonyl (C=O) groups is 3. The molecule has 1 rings (SSSR count). The fourth-order valence-corrected chi connectivity index (χ4v) is 3.45. The minimum Gasteiger partial charge on any atom is -0.490 e. The number of hydrogen-bond donors (Lipinski definition) is 2. The molecule has 2 amide bonds. The Balaban J connectivity index is 2.54. The largest absolute Gasteiger partial charge is 0.490 e. The van der Waals surface area contributed by atoms with Gasteiger partial charge in [-0.2, -0.15) is 0 Å². The molecule has 1 unspecified atom stereocenters. The monoisotopic (exact) mass is 532 g/mol. The van der Waals surface area contributed by atoms with Crippen molar-refractivity contribution in [2.45, 2.75) is 78.9 Å². The summed E-state index contributed by atoms with van der Waals surface area (Å²) in [6.07, 6.45) is 19.4. The van der Waals surface area contributed by atoms with Gasteiger partial charge in [0.2, 0.25) is 11.8 Å². The molecule has 0 fully saturated rings. The van der Waals surface area contributed by atoms with Gasteiger partial charge in [0, 0.05) is 23.9 Å². The van der Waals surface area contributed by atoms with Crippen molar-refractivity contribution in [3.05, 3.63) is 71.2 Å². The van der Waals surface area contributed by atoms with E-state index in [2.05, 4.69) is 10.6 Å². The summed E-state index contributed by atoms with van der Waals surface area (Å²) in [7, 11) is 1.44. The van der Waals surface area contributed by atoms with Gasteiger partial charge in [-0.15, -0.1) is 0 Å². The highest BCUT2D eigenvalue weighted by atomic mass is 35.5. The lowest BCUT2D eigenvalue weighted by Gasteiger charge is -2.29. The summed E-state index contributed by atoms with van der Waals surface area (Å²) in [5.74, 6) is -0.835. The van der Waals surface area contributed by atoms with Crippen LogP contribution < -0.4 is 10.6 Å². The van der Waals surface area contributed by atoms with Crippen molar-refractivity contribution in [3.63, 3.8) is 0 Å². The molecule has 0 saturated heterocycles. The lowest BCUT2D eigenvalue weighted by Crippen LogP contribution is -2.52. The predicted molar refractivity (Wildman–Crippen MR) is 148 cm³/mol. The van der Waals surface area contributed by atoms with Crippen molar-refractivity contribution in [1.29, 1.82) is 0 Å². The van der Waals surface area contributed by atoms with E-state index in [1.54, 1.807) is 24.4 Å². The lowest BCUT2D eigenvalue weighted by atomic mass is 9.86. The smallest absolute Gasteiger partial charge is 0.373 e. The molecule has 204 valence electrons. The number of hydrogen-bond acceptors (Lipinski definition) is 5. The fraction of sp³-hybridized carbons (Fsp3) is 0.483. The second kappa shape index (κ2) is 16.6. The van der Waals surface area contributed by atoms with Gasteiger partial charge in [0.25, 0.3) is 0 Å². The molecule has 1 aliphatic heterocycles. The van der Waals surface area contributed by atoms with E-state index in [0.29, 0.717) is 12.8 Å². The van der Waals surface area contributed by atoms with Gasteiger partial charge in [0.15, 0.2) is 5.76 Å². The second-order valence-electron chi connectivity index (χ2n) is 9.88. The number of rotatable bonds is 13. The van der Waals surface area contributed by atoms with E-state index in [4.69, 9.17) is 21.1 Å². The average Bonchev–Trinajstić information content (AvgIpc) is 2.82. The van der Waals surface area contributed by atoms with Gasteiger partial charge in [-0.05, 0) is 50.8 Å². The maximum atomic E-state index is 12.7. The van der Waals surface area contributed by atoms with Crippen molar-refractivity contribution in [3.8, 4) is 0 Å². The standard InChI is InChI=1S/C29H41ClN2O5/c1-21(16-17-23-18-19-24(36-6)28(35)37-23)13-10-11-15-25(33)32-26(29(3,4)5)27(34)31-20-12-8-7-9-14-22(2)30/h10-16,19-20,23,26H,7-9,17-18H2,1-6H3,(H,31,34)(H,32,33)/b13-10-,15-11-,20-12-,21-16+,22-14+/t23-,26?/m1/s1. The lowest BCUT2D eigenvalue weighted by molar-refractivity contribution is -0.149. The van der Waals surface area contributed by atoms with Crippen LogP contribution in [0.3, 0.4) is 0 Å². The Bertz CT molecular complexity index is 963. The quantitative estimate of drug-likeness (QED) is 0.136. The summed E-state index contributed by atoms with van der Waals surface area (Å²) in [6.45, 7) is 9.46. The molecule has 2 N–H and O–H groups in total. The summed E-state index contributed by atoms with van der Waals surface area (Å²) >= 11 is 5.81. The predicted octanol–water partition coefficient (Wildman–Crippen LogP) is 5.75. The molecule has 1 heterocycles. The number of carbonyl (C=O) groups excluding carboxylic acids is 3. The SMILES string of the molecule is COC1=CC[C@@H](C/C=C(C)/C=C\C=C/C(=O)NC(C(=O)N/C=C\CCC/C=C(\C)Cl)C(C)(C)C)OC1=O. The van der Waals surface area contributed by atoms with Crippen LogP contribution in [0.25, 0.3) is 0 Å². The number of nitrogens with one attached hydrogen (secondary N) is 2. The van der Waals surface area contributed by atoms with Crippen molar-refractivity contribution in [2.75, 3.05) is 7.11 Å².